The van der Waals surface area contributed by atoms with E-state index in [2.05, 4.69) is 4.90 Å². The van der Waals surface area contributed by atoms with E-state index in [1.165, 1.54) is 0 Å². The minimum atomic E-state index is -0.996. The molecule has 0 aliphatic carbocycles. The first-order valence-corrected chi connectivity index (χ1v) is 4.60. The fraction of sp³-hybridized carbons (Fsp3) is 0.778. The second-order valence-electron chi connectivity index (χ2n) is 4.05. The molecule has 0 amide bonds. The van der Waals surface area contributed by atoms with Gasteiger partial charge in [0.15, 0.2) is 5.78 Å². The lowest BCUT2D eigenvalue weighted by atomic mass is 9.79. The number of hydrogen-bond acceptors (Lipinski definition) is 3. The molecule has 0 atom stereocenters. The molecule has 0 unspecified atom stereocenters. The number of rotatable bonds is 3. The van der Waals surface area contributed by atoms with Crippen molar-refractivity contribution >= 4 is 11.8 Å². The van der Waals surface area contributed by atoms with E-state index in [1.807, 2.05) is 0 Å². The zero-order chi connectivity index (χ0) is 9.47. The number of fused-ring (bicyclic) bond motifs is 2. The summed E-state index contributed by atoms with van der Waals surface area (Å²) < 4.78 is 0. The molecule has 2 aliphatic heterocycles. The molecule has 13 heavy (non-hydrogen) atoms. The maximum atomic E-state index is 11.6. The van der Waals surface area contributed by atoms with Gasteiger partial charge in [-0.05, 0) is 25.9 Å². The van der Waals surface area contributed by atoms with Crippen molar-refractivity contribution in [2.45, 2.75) is 19.3 Å². The van der Waals surface area contributed by atoms with Gasteiger partial charge in [-0.2, -0.15) is 0 Å². The zero-order valence-electron chi connectivity index (χ0n) is 7.45. The highest BCUT2D eigenvalue weighted by molar-refractivity contribution is 5.98. The molecule has 0 radical (unpaired) electrons. The van der Waals surface area contributed by atoms with Crippen LogP contribution in [0.3, 0.4) is 0 Å². The number of carboxylic acid groups (broad SMARTS) is 1. The summed E-state index contributed by atoms with van der Waals surface area (Å²) in [5.41, 5.74) is -0.293. The minimum absolute atomic E-state index is 0.0694. The molecule has 0 aromatic heterocycles. The molecule has 1 N–H and O–H groups in total. The van der Waals surface area contributed by atoms with Gasteiger partial charge in [-0.1, -0.05) is 0 Å². The summed E-state index contributed by atoms with van der Waals surface area (Å²) >= 11 is 0. The predicted molar refractivity (Wildman–Crippen MR) is 45.4 cm³/mol. The highest BCUT2D eigenvalue weighted by Gasteiger charge is 2.48. The van der Waals surface area contributed by atoms with Crippen LogP contribution in [0.4, 0.5) is 0 Å². The average Bonchev–Trinajstić information content (AvgIpc) is 2.62. The van der Waals surface area contributed by atoms with Gasteiger partial charge in [0.25, 0.3) is 0 Å². The van der Waals surface area contributed by atoms with Crippen LogP contribution in [0.25, 0.3) is 0 Å². The second-order valence-corrected chi connectivity index (χ2v) is 4.05. The highest BCUT2D eigenvalue weighted by Crippen LogP contribution is 2.41. The van der Waals surface area contributed by atoms with Gasteiger partial charge < -0.3 is 10.0 Å². The number of aliphatic carboxylic acids is 1. The van der Waals surface area contributed by atoms with Crippen LogP contribution in [-0.2, 0) is 9.59 Å². The van der Waals surface area contributed by atoms with Gasteiger partial charge in [-0.15, -0.1) is 0 Å². The normalized spacial score (nSPS) is 36.5. The van der Waals surface area contributed by atoms with Crippen LogP contribution in [0.1, 0.15) is 19.3 Å². The van der Waals surface area contributed by atoms with Crippen LogP contribution in [0.15, 0.2) is 0 Å². The molecular weight excluding hydrogens is 170 g/mol. The van der Waals surface area contributed by atoms with Crippen LogP contribution in [0, 0.1) is 5.41 Å². The molecule has 2 saturated heterocycles. The van der Waals surface area contributed by atoms with Crippen molar-refractivity contribution < 1.29 is 14.7 Å². The van der Waals surface area contributed by atoms with Crippen molar-refractivity contribution in [3.05, 3.63) is 0 Å². The van der Waals surface area contributed by atoms with E-state index in [0.29, 0.717) is 0 Å². The Kier molecular flexibility index (Phi) is 1.87. The summed E-state index contributed by atoms with van der Waals surface area (Å²) in [6.45, 7) is 2.72. The number of carbonyl (C=O) groups is 2. The molecule has 72 valence electrons. The fourth-order valence-electron chi connectivity index (χ4n) is 2.42. The monoisotopic (exact) mass is 183 g/mol. The Balaban J connectivity index is 2.07. The molecule has 0 aromatic carbocycles. The van der Waals surface area contributed by atoms with Gasteiger partial charge >= 0.3 is 5.97 Å². The Labute approximate surface area is 76.5 Å². The van der Waals surface area contributed by atoms with E-state index in [4.69, 9.17) is 5.11 Å². The Bertz CT molecular complexity index is 254. The largest absolute Gasteiger partial charge is 0.481 e. The molecule has 0 saturated carbocycles. The van der Waals surface area contributed by atoms with E-state index < -0.39 is 5.97 Å². The first kappa shape index (κ1) is 8.69. The number of piperidine rings is 1. The van der Waals surface area contributed by atoms with Crippen LogP contribution in [0.2, 0.25) is 0 Å². The summed E-state index contributed by atoms with van der Waals surface area (Å²) in [7, 11) is 0. The lowest BCUT2D eigenvalue weighted by molar-refractivity contribution is -0.142. The number of carboxylic acids is 1. The summed E-state index contributed by atoms with van der Waals surface area (Å²) in [4.78, 5) is 24.3. The van der Waals surface area contributed by atoms with Gasteiger partial charge in [0.2, 0.25) is 0 Å². The number of hydrogen-bond donors (Lipinski definition) is 1. The maximum Gasteiger partial charge on any atom is 0.310 e. The average molecular weight is 183 g/mol. The highest BCUT2D eigenvalue weighted by atomic mass is 16.4. The van der Waals surface area contributed by atoms with Crippen molar-refractivity contribution in [1.82, 2.24) is 4.90 Å². The van der Waals surface area contributed by atoms with E-state index in [1.54, 1.807) is 0 Å². The molecular formula is C9H13NO3. The third-order valence-corrected chi connectivity index (χ3v) is 3.24. The van der Waals surface area contributed by atoms with Crippen LogP contribution in [-0.4, -0.2) is 41.4 Å². The number of carbonyl (C=O) groups excluding carboxylic acids is 1. The summed E-state index contributed by atoms with van der Waals surface area (Å²) in [5.74, 6) is -1.07. The van der Waals surface area contributed by atoms with Crippen LogP contribution >= 0.6 is 0 Å². The van der Waals surface area contributed by atoms with E-state index in [-0.39, 0.29) is 17.6 Å². The minimum Gasteiger partial charge on any atom is -0.481 e. The smallest absolute Gasteiger partial charge is 0.310 e. The van der Waals surface area contributed by atoms with Crippen molar-refractivity contribution in [2.75, 3.05) is 19.6 Å². The summed E-state index contributed by atoms with van der Waals surface area (Å²) in [6, 6.07) is 0. The molecule has 0 spiro atoms. The van der Waals surface area contributed by atoms with Crippen LogP contribution < -0.4 is 0 Å². The van der Waals surface area contributed by atoms with Gasteiger partial charge in [0, 0.05) is 12.0 Å². The van der Waals surface area contributed by atoms with E-state index in [0.717, 1.165) is 32.5 Å². The lowest BCUT2D eigenvalue weighted by Crippen LogP contribution is -2.31. The third kappa shape index (κ3) is 1.35. The van der Waals surface area contributed by atoms with Crippen molar-refractivity contribution in [3.63, 3.8) is 0 Å². The third-order valence-electron chi connectivity index (χ3n) is 3.24. The Morgan fingerprint density at radius 2 is 1.92 bits per heavy atom. The Hall–Kier alpha value is -0.900. The Morgan fingerprint density at radius 3 is 2.31 bits per heavy atom. The van der Waals surface area contributed by atoms with E-state index >= 15 is 0 Å². The first-order valence-electron chi connectivity index (χ1n) is 4.60. The number of Topliss-reactive ketones (excluding diaryl/α,β-unsaturated/α-hetero) is 1. The summed E-state index contributed by atoms with van der Waals surface area (Å²) in [5, 5.41) is 8.53. The SMILES string of the molecule is O=C(O)CC(=O)C12CCN(CC1)C2. The Morgan fingerprint density at radius 1 is 1.31 bits per heavy atom. The molecule has 4 heteroatoms. The topological polar surface area (TPSA) is 57.6 Å². The summed E-state index contributed by atoms with van der Waals surface area (Å²) in [6.07, 6.45) is 1.42. The fourth-order valence-corrected chi connectivity index (χ4v) is 2.42. The number of nitrogens with zero attached hydrogens (tertiary/aromatic N) is 1. The van der Waals surface area contributed by atoms with Gasteiger partial charge in [0.1, 0.15) is 6.42 Å². The molecule has 2 heterocycles. The number of ketones is 1. The van der Waals surface area contributed by atoms with Crippen molar-refractivity contribution in [2.24, 2.45) is 5.41 Å². The second kappa shape index (κ2) is 2.80. The van der Waals surface area contributed by atoms with Crippen molar-refractivity contribution in [3.8, 4) is 0 Å². The van der Waals surface area contributed by atoms with E-state index in [9.17, 15) is 9.59 Å². The molecule has 2 bridgehead atoms. The van der Waals surface area contributed by atoms with Gasteiger partial charge in [-0.3, -0.25) is 9.59 Å². The quantitative estimate of drug-likeness (QED) is 0.632. The standard InChI is InChI=1S/C9H13NO3/c11-7(5-8(12)13)9-1-3-10(6-9)4-2-9/h1-6H2,(H,12,13). The van der Waals surface area contributed by atoms with Crippen LogP contribution in [0.5, 0.6) is 0 Å². The first-order chi connectivity index (χ1) is 6.12. The molecule has 2 rings (SSSR count). The molecule has 2 aliphatic rings. The maximum absolute atomic E-state index is 11.6. The van der Waals surface area contributed by atoms with Gasteiger partial charge in [-0.25, -0.2) is 0 Å². The van der Waals surface area contributed by atoms with Gasteiger partial charge in [0.05, 0.1) is 0 Å². The zero-order valence-corrected chi connectivity index (χ0v) is 7.45. The predicted octanol–water partition coefficient (Wildman–Crippen LogP) is 0.126. The molecule has 4 nitrogen and oxygen atoms in total. The molecule has 0 aromatic rings. The van der Waals surface area contributed by atoms with Crippen molar-refractivity contribution in [1.29, 1.82) is 0 Å². The molecule has 2 fully saturated rings. The lowest BCUT2D eigenvalue weighted by Gasteiger charge is -2.22.